The molecule has 0 saturated carbocycles. The predicted molar refractivity (Wildman–Crippen MR) is 126 cm³/mol. The van der Waals surface area contributed by atoms with Crippen LogP contribution >= 0.6 is 0 Å². The molecule has 0 radical (unpaired) electrons. The second kappa shape index (κ2) is 9.84. The van der Waals surface area contributed by atoms with Gasteiger partial charge >= 0.3 is 0 Å². The lowest BCUT2D eigenvalue weighted by molar-refractivity contribution is 0.102. The van der Waals surface area contributed by atoms with Crippen molar-refractivity contribution in [1.82, 2.24) is 0 Å². The number of amides is 1. The lowest BCUT2D eigenvalue weighted by Gasteiger charge is -2.08. The minimum absolute atomic E-state index is 0.0276. The Kier molecular flexibility index (Phi) is 6.52. The summed E-state index contributed by atoms with van der Waals surface area (Å²) in [6.07, 6.45) is 2.74. The average Bonchev–Trinajstić information content (AvgIpc) is 3.21. The van der Waals surface area contributed by atoms with Gasteiger partial charge in [-0.05, 0) is 47.9 Å². The van der Waals surface area contributed by atoms with E-state index in [1.54, 1.807) is 0 Å². The maximum absolute atomic E-state index is 13.1. The summed E-state index contributed by atoms with van der Waals surface area (Å²) in [7, 11) is 0. The Bertz CT molecular complexity index is 1250. The highest BCUT2D eigenvalue weighted by molar-refractivity contribution is 6.13. The van der Waals surface area contributed by atoms with Gasteiger partial charge in [0.1, 0.15) is 23.2 Å². The monoisotopic (exact) mass is 424 g/mol. The Hall–Kier alpha value is -4.04. The Balaban J connectivity index is 1.51. The summed E-state index contributed by atoms with van der Waals surface area (Å²) in [5, 5.41) is 12.5. The number of nitrogens with zero attached hydrogens (tertiary/aromatic N) is 1. The fraction of sp³-hybridized carbons (Fsp3) is 0.185. The predicted octanol–water partition coefficient (Wildman–Crippen LogP) is 6.60. The molecule has 160 valence electrons. The number of fused-ring (bicyclic) bond motifs is 1. The van der Waals surface area contributed by atoms with Crippen molar-refractivity contribution in [3.05, 3.63) is 84.1 Å². The van der Waals surface area contributed by atoms with Crippen LogP contribution in [-0.2, 0) is 6.42 Å². The number of furan rings is 1. The first-order valence-corrected chi connectivity index (χ1v) is 10.7. The van der Waals surface area contributed by atoms with Crippen molar-refractivity contribution in [3.8, 4) is 22.9 Å². The van der Waals surface area contributed by atoms with E-state index in [0.29, 0.717) is 11.3 Å². The van der Waals surface area contributed by atoms with E-state index < -0.39 is 0 Å². The molecule has 32 heavy (non-hydrogen) atoms. The number of nitrogens with one attached hydrogen (secondary N) is 1. The summed E-state index contributed by atoms with van der Waals surface area (Å²) < 4.78 is 11.3. The molecule has 0 unspecified atom stereocenters. The molecule has 4 aromatic rings. The van der Waals surface area contributed by atoms with Crippen LogP contribution in [0.4, 0.5) is 5.69 Å². The van der Waals surface area contributed by atoms with Crippen molar-refractivity contribution in [3.63, 3.8) is 0 Å². The normalized spacial score (nSPS) is 10.6. The molecule has 4 rings (SSSR count). The molecule has 0 aliphatic carbocycles. The second-order valence-electron chi connectivity index (χ2n) is 7.50. The topological polar surface area (TPSA) is 75.3 Å². The van der Waals surface area contributed by atoms with Crippen LogP contribution in [0.3, 0.4) is 0 Å². The summed E-state index contributed by atoms with van der Waals surface area (Å²) >= 11 is 0. The fourth-order valence-corrected chi connectivity index (χ4v) is 3.66. The Labute approximate surface area is 187 Å². The van der Waals surface area contributed by atoms with Gasteiger partial charge in [-0.1, -0.05) is 55.8 Å². The molecule has 0 aliphatic heterocycles. The zero-order valence-corrected chi connectivity index (χ0v) is 17.9. The number of unbranched alkanes of at least 4 members (excludes halogenated alkanes) is 1. The molecule has 1 amide bonds. The lowest BCUT2D eigenvalue weighted by Crippen LogP contribution is -2.13. The highest BCUT2D eigenvalue weighted by atomic mass is 16.5. The van der Waals surface area contributed by atoms with Gasteiger partial charge in [-0.15, -0.1) is 0 Å². The third kappa shape index (κ3) is 4.65. The van der Waals surface area contributed by atoms with Crippen LogP contribution in [0.15, 0.2) is 77.2 Å². The van der Waals surface area contributed by atoms with E-state index in [1.165, 1.54) is 0 Å². The van der Waals surface area contributed by atoms with Crippen molar-refractivity contribution in [2.24, 2.45) is 0 Å². The zero-order valence-electron chi connectivity index (χ0n) is 17.9. The summed E-state index contributed by atoms with van der Waals surface area (Å²) in [6.45, 7) is 2.15. The van der Waals surface area contributed by atoms with Crippen LogP contribution in [0.25, 0.3) is 22.1 Å². The highest BCUT2D eigenvalue weighted by Crippen LogP contribution is 2.29. The smallest absolute Gasteiger partial charge is 0.259 e. The molecule has 0 fully saturated rings. The van der Waals surface area contributed by atoms with Crippen LogP contribution in [0.5, 0.6) is 5.75 Å². The SMILES string of the molecule is CCCCc1oc2ccccc2c1C(=O)Nc1ccc(-c2ccc(OCC#N)cc2)cc1. The fourth-order valence-electron chi connectivity index (χ4n) is 3.66. The van der Waals surface area contributed by atoms with Crippen molar-refractivity contribution in [2.45, 2.75) is 26.2 Å². The Morgan fingerprint density at radius 2 is 1.69 bits per heavy atom. The van der Waals surface area contributed by atoms with Crippen LogP contribution in [0.2, 0.25) is 0 Å². The van der Waals surface area contributed by atoms with Gasteiger partial charge in [-0.2, -0.15) is 5.26 Å². The van der Waals surface area contributed by atoms with E-state index in [0.717, 1.165) is 52.8 Å². The molecule has 0 saturated heterocycles. The van der Waals surface area contributed by atoms with Gasteiger partial charge in [0.25, 0.3) is 5.91 Å². The summed E-state index contributed by atoms with van der Waals surface area (Å²) in [5.74, 6) is 1.24. The molecular weight excluding hydrogens is 400 g/mol. The summed E-state index contributed by atoms with van der Waals surface area (Å²) in [5.41, 5.74) is 4.12. The van der Waals surface area contributed by atoms with Gasteiger partial charge < -0.3 is 14.5 Å². The maximum atomic E-state index is 13.1. The zero-order chi connectivity index (χ0) is 22.3. The molecule has 0 bridgehead atoms. The summed E-state index contributed by atoms with van der Waals surface area (Å²) in [6, 6.07) is 24.9. The summed E-state index contributed by atoms with van der Waals surface area (Å²) in [4.78, 5) is 13.1. The van der Waals surface area contributed by atoms with E-state index in [4.69, 9.17) is 14.4 Å². The van der Waals surface area contributed by atoms with Crippen LogP contribution < -0.4 is 10.1 Å². The van der Waals surface area contributed by atoms with Crippen molar-refractivity contribution < 1.29 is 13.9 Å². The van der Waals surface area contributed by atoms with Gasteiger partial charge in [-0.3, -0.25) is 4.79 Å². The lowest BCUT2D eigenvalue weighted by atomic mass is 10.0. The number of hydrogen-bond donors (Lipinski definition) is 1. The van der Waals surface area contributed by atoms with E-state index in [1.807, 2.05) is 78.9 Å². The quantitative estimate of drug-likeness (QED) is 0.346. The number of carbonyl (C=O) groups is 1. The molecule has 3 aromatic carbocycles. The highest BCUT2D eigenvalue weighted by Gasteiger charge is 2.20. The van der Waals surface area contributed by atoms with E-state index >= 15 is 0 Å². The first kappa shape index (κ1) is 21.2. The van der Waals surface area contributed by atoms with Crippen molar-refractivity contribution in [2.75, 3.05) is 11.9 Å². The maximum Gasteiger partial charge on any atom is 0.259 e. The molecule has 0 atom stereocenters. The third-order valence-corrected chi connectivity index (χ3v) is 5.29. The largest absolute Gasteiger partial charge is 0.479 e. The number of para-hydroxylation sites is 1. The van der Waals surface area contributed by atoms with E-state index in [-0.39, 0.29) is 12.5 Å². The molecule has 5 heteroatoms. The number of nitriles is 1. The molecule has 0 aliphatic rings. The van der Waals surface area contributed by atoms with E-state index in [9.17, 15) is 4.79 Å². The van der Waals surface area contributed by atoms with Crippen LogP contribution in [-0.4, -0.2) is 12.5 Å². The molecule has 5 nitrogen and oxygen atoms in total. The number of anilines is 1. The van der Waals surface area contributed by atoms with Gasteiger partial charge in [-0.25, -0.2) is 0 Å². The molecule has 1 heterocycles. The molecule has 1 N–H and O–H groups in total. The molecule has 1 aromatic heterocycles. The minimum atomic E-state index is -0.159. The third-order valence-electron chi connectivity index (χ3n) is 5.29. The number of aryl methyl sites for hydroxylation is 1. The minimum Gasteiger partial charge on any atom is -0.479 e. The standard InChI is InChI=1S/C27H24N2O3/c1-2-3-7-25-26(23-6-4-5-8-24(23)32-25)27(30)29-21-13-9-19(10-14-21)20-11-15-22(16-12-20)31-18-17-28/h4-6,8-16H,2-3,7,18H2,1H3,(H,29,30). The number of rotatable bonds is 8. The number of carbonyl (C=O) groups excluding carboxylic acids is 1. The Morgan fingerprint density at radius 3 is 2.38 bits per heavy atom. The van der Waals surface area contributed by atoms with Crippen LogP contribution in [0.1, 0.15) is 35.9 Å². The first-order chi connectivity index (χ1) is 15.7. The number of benzene rings is 3. The molecular formula is C27H24N2O3. The van der Waals surface area contributed by atoms with Gasteiger partial charge in [0.05, 0.1) is 5.56 Å². The average molecular weight is 425 g/mol. The van der Waals surface area contributed by atoms with Crippen molar-refractivity contribution in [1.29, 1.82) is 5.26 Å². The van der Waals surface area contributed by atoms with Gasteiger partial charge in [0, 0.05) is 17.5 Å². The first-order valence-electron chi connectivity index (χ1n) is 10.7. The Morgan fingerprint density at radius 1 is 1.00 bits per heavy atom. The van der Waals surface area contributed by atoms with Gasteiger partial charge in [0.15, 0.2) is 6.61 Å². The number of hydrogen-bond acceptors (Lipinski definition) is 4. The second-order valence-corrected chi connectivity index (χ2v) is 7.50. The van der Waals surface area contributed by atoms with Gasteiger partial charge in [0.2, 0.25) is 0 Å². The molecule has 0 spiro atoms. The van der Waals surface area contributed by atoms with Crippen LogP contribution in [0, 0.1) is 11.3 Å². The van der Waals surface area contributed by atoms with E-state index in [2.05, 4.69) is 12.2 Å². The van der Waals surface area contributed by atoms with Crippen molar-refractivity contribution >= 4 is 22.6 Å². The number of ether oxygens (including phenoxy) is 1.